The zero-order chi connectivity index (χ0) is 14.5. The number of hydrogen-bond donors (Lipinski definition) is 2. The quantitative estimate of drug-likeness (QED) is 0.648. The average Bonchev–Trinajstić information content (AvgIpc) is 2.43. The van der Waals surface area contributed by atoms with Crippen molar-refractivity contribution >= 4 is 29.1 Å². The number of para-hydroxylation sites is 1. The molecule has 0 aliphatic carbocycles. The summed E-state index contributed by atoms with van der Waals surface area (Å²) in [6.07, 6.45) is 1.91. The Kier molecular flexibility index (Phi) is 4.79. The molecule has 0 atom stereocenters. The summed E-state index contributed by atoms with van der Waals surface area (Å²) in [4.78, 5) is 8.68. The van der Waals surface area contributed by atoms with E-state index in [0.717, 1.165) is 17.9 Å². The Labute approximate surface area is 122 Å². The first kappa shape index (κ1) is 14.6. The van der Waals surface area contributed by atoms with Crippen molar-refractivity contribution < 1.29 is 4.39 Å². The predicted molar refractivity (Wildman–Crippen MR) is 82.4 cm³/mol. The van der Waals surface area contributed by atoms with Crippen molar-refractivity contribution in [3.05, 3.63) is 35.6 Å². The van der Waals surface area contributed by atoms with E-state index in [4.69, 9.17) is 0 Å². The van der Waals surface area contributed by atoms with Gasteiger partial charge in [0.05, 0.1) is 5.69 Å². The van der Waals surface area contributed by atoms with Crippen LogP contribution < -0.4 is 10.6 Å². The van der Waals surface area contributed by atoms with E-state index in [0.29, 0.717) is 16.7 Å². The highest BCUT2D eigenvalue weighted by Crippen LogP contribution is 2.25. The Morgan fingerprint density at radius 3 is 2.65 bits per heavy atom. The third-order valence-electron chi connectivity index (χ3n) is 2.72. The SMILES string of the molecule is CCNc1cc(Nc2c(C)cccc2F)nc(SC)n1. The first-order chi connectivity index (χ1) is 9.63. The van der Waals surface area contributed by atoms with E-state index < -0.39 is 0 Å². The minimum atomic E-state index is -0.292. The van der Waals surface area contributed by atoms with Gasteiger partial charge in [-0.2, -0.15) is 0 Å². The Hall–Kier alpha value is -1.82. The summed E-state index contributed by atoms with van der Waals surface area (Å²) in [5.74, 6) is 1.01. The fourth-order valence-electron chi connectivity index (χ4n) is 1.77. The third-order valence-corrected chi connectivity index (χ3v) is 3.27. The van der Waals surface area contributed by atoms with Crippen LogP contribution in [-0.2, 0) is 0 Å². The van der Waals surface area contributed by atoms with Crippen LogP contribution in [0.25, 0.3) is 0 Å². The normalized spacial score (nSPS) is 10.4. The maximum atomic E-state index is 13.8. The monoisotopic (exact) mass is 292 g/mol. The van der Waals surface area contributed by atoms with Gasteiger partial charge in [-0.3, -0.25) is 0 Å². The van der Waals surface area contributed by atoms with Crippen molar-refractivity contribution in [3.8, 4) is 0 Å². The zero-order valence-electron chi connectivity index (χ0n) is 11.7. The van der Waals surface area contributed by atoms with Gasteiger partial charge >= 0.3 is 0 Å². The lowest BCUT2D eigenvalue weighted by atomic mass is 10.2. The van der Waals surface area contributed by atoms with Crippen molar-refractivity contribution in [3.63, 3.8) is 0 Å². The van der Waals surface area contributed by atoms with Crippen LogP contribution in [0.5, 0.6) is 0 Å². The Morgan fingerprint density at radius 1 is 1.25 bits per heavy atom. The average molecular weight is 292 g/mol. The largest absolute Gasteiger partial charge is 0.370 e. The maximum Gasteiger partial charge on any atom is 0.191 e. The highest BCUT2D eigenvalue weighted by Gasteiger charge is 2.08. The van der Waals surface area contributed by atoms with Crippen LogP contribution in [0.15, 0.2) is 29.4 Å². The number of nitrogens with one attached hydrogen (secondary N) is 2. The molecule has 0 aliphatic rings. The fraction of sp³-hybridized carbons (Fsp3) is 0.286. The number of benzene rings is 1. The molecule has 1 heterocycles. The summed E-state index contributed by atoms with van der Waals surface area (Å²) >= 11 is 1.45. The summed E-state index contributed by atoms with van der Waals surface area (Å²) in [6.45, 7) is 4.62. The number of aromatic nitrogens is 2. The highest BCUT2D eigenvalue weighted by atomic mass is 32.2. The smallest absolute Gasteiger partial charge is 0.191 e. The van der Waals surface area contributed by atoms with Gasteiger partial charge in [0, 0.05) is 12.6 Å². The van der Waals surface area contributed by atoms with Crippen molar-refractivity contribution in [2.45, 2.75) is 19.0 Å². The van der Waals surface area contributed by atoms with Gasteiger partial charge < -0.3 is 10.6 Å². The molecule has 0 amide bonds. The van der Waals surface area contributed by atoms with Gasteiger partial charge in [-0.25, -0.2) is 14.4 Å². The summed E-state index contributed by atoms with van der Waals surface area (Å²) < 4.78 is 13.8. The summed E-state index contributed by atoms with van der Waals surface area (Å²) in [6, 6.07) is 6.74. The molecule has 1 aromatic carbocycles. The third kappa shape index (κ3) is 3.39. The summed E-state index contributed by atoms with van der Waals surface area (Å²) in [5.41, 5.74) is 1.28. The maximum absolute atomic E-state index is 13.8. The second-order valence-electron chi connectivity index (χ2n) is 4.21. The molecule has 2 aromatic rings. The van der Waals surface area contributed by atoms with Gasteiger partial charge in [0.15, 0.2) is 5.16 Å². The van der Waals surface area contributed by atoms with E-state index in [9.17, 15) is 4.39 Å². The molecule has 0 radical (unpaired) electrons. The van der Waals surface area contributed by atoms with Gasteiger partial charge in [-0.1, -0.05) is 23.9 Å². The van der Waals surface area contributed by atoms with Gasteiger partial charge in [0.2, 0.25) is 0 Å². The molecule has 0 saturated heterocycles. The number of hydrogen-bond acceptors (Lipinski definition) is 5. The van der Waals surface area contributed by atoms with Crippen molar-refractivity contribution in [1.29, 1.82) is 0 Å². The standard InChI is InChI=1S/C14H17FN4S/c1-4-16-11-8-12(19-14(18-11)20-3)17-13-9(2)6-5-7-10(13)15/h5-8H,4H2,1-3H3,(H2,16,17,18,19). The van der Waals surface area contributed by atoms with Gasteiger partial charge in [-0.15, -0.1) is 0 Å². The first-order valence-corrected chi connectivity index (χ1v) is 7.55. The molecular weight excluding hydrogens is 275 g/mol. The molecule has 2 N–H and O–H groups in total. The van der Waals surface area contributed by atoms with E-state index in [2.05, 4.69) is 20.6 Å². The van der Waals surface area contributed by atoms with Crippen molar-refractivity contribution in [2.75, 3.05) is 23.4 Å². The molecule has 4 nitrogen and oxygen atoms in total. The Balaban J connectivity index is 2.35. The molecule has 2 rings (SSSR count). The van der Waals surface area contributed by atoms with Gasteiger partial charge in [0.1, 0.15) is 17.5 Å². The highest BCUT2D eigenvalue weighted by molar-refractivity contribution is 7.98. The van der Waals surface area contributed by atoms with E-state index in [1.807, 2.05) is 26.2 Å². The van der Waals surface area contributed by atoms with Gasteiger partial charge in [-0.05, 0) is 31.7 Å². The number of halogens is 1. The molecule has 106 valence electrons. The Bertz CT molecular complexity index is 583. The van der Waals surface area contributed by atoms with Crippen LogP contribution in [0, 0.1) is 12.7 Å². The van der Waals surface area contributed by atoms with Crippen molar-refractivity contribution in [1.82, 2.24) is 9.97 Å². The molecule has 6 heteroatoms. The lowest BCUT2D eigenvalue weighted by Crippen LogP contribution is -2.05. The number of rotatable bonds is 5. The van der Waals surface area contributed by atoms with Crippen LogP contribution in [0.2, 0.25) is 0 Å². The molecule has 0 fully saturated rings. The zero-order valence-corrected chi connectivity index (χ0v) is 12.5. The van der Waals surface area contributed by atoms with Gasteiger partial charge in [0.25, 0.3) is 0 Å². The molecule has 0 aliphatic heterocycles. The lowest BCUT2D eigenvalue weighted by Gasteiger charge is -2.12. The van der Waals surface area contributed by atoms with E-state index >= 15 is 0 Å². The molecule has 0 bridgehead atoms. The first-order valence-electron chi connectivity index (χ1n) is 6.33. The van der Waals surface area contributed by atoms with Crippen LogP contribution in [0.4, 0.5) is 21.7 Å². The molecule has 1 aromatic heterocycles. The second kappa shape index (κ2) is 6.56. The fourth-order valence-corrected chi connectivity index (χ4v) is 2.15. The minimum absolute atomic E-state index is 0.292. The predicted octanol–water partition coefficient (Wildman–Crippen LogP) is 3.82. The molecule has 0 unspecified atom stereocenters. The van der Waals surface area contributed by atoms with Crippen LogP contribution in [-0.4, -0.2) is 22.8 Å². The molecule has 20 heavy (non-hydrogen) atoms. The molecule has 0 saturated carbocycles. The van der Waals surface area contributed by atoms with E-state index in [1.54, 1.807) is 12.1 Å². The van der Waals surface area contributed by atoms with E-state index in [-0.39, 0.29) is 5.82 Å². The Morgan fingerprint density at radius 2 is 2.00 bits per heavy atom. The van der Waals surface area contributed by atoms with Crippen LogP contribution in [0.3, 0.4) is 0 Å². The minimum Gasteiger partial charge on any atom is -0.370 e. The number of thioether (sulfide) groups is 1. The molecule has 0 spiro atoms. The van der Waals surface area contributed by atoms with Crippen LogP contribution >= 0.6 is 11.8 Å². The lowest BCUT2D eigenvalue weighted by molar-refractivity contribution is 0.630. The summed E-state index contributed by atoms with van der Waals surface area (Å²) in [7, 11) is 0. The molecular formula is C14H17FN4S. The second-order valence-corrected chi connectivity index (χ2v) is 4.99. The van der Waals surface area contributed by atoms with Crippen LogP contribution in [0.1, 0.15) is 12.5 Å². The topological polar surface area (TPSA) is 49.8 Å². The van der Waals surface area contributed by atoms with E-state index in [1.165, 1.54) is 17.8 Å². The number of anilines is 3. The number of aryl methyl sites for hydroxylation is 1. The number of nitrogens with zero attached hydrogens (tertiary/aromatic N) is 2. The summed E-state index contributed by atoms with van der Waals surface area (Å²) in [5, 5.41) is 6.81. The van der Waals surface area contributed by atoms with Crippen molar-refractivity contribution in [2.24, 2.45) is 0 Å².